The second-order valence-corrected chi connectivity index (χ2v) is 5.68. The third-order valence-corrected chi connectivity index (χ3v) is 4.40. The van der Waals surface area contributed by atoms with Crippen LogP contribution in [0.2, 0.25) is 5.02 Å². The Kier molecular flexibility index (Phi) is 3.76. The van der Waals surface area contributed by atoms with Gasteiger partial charge in [0.2, 0.25) is 0 Å². The number of thioether (sulfide) groups is 1. The van der Waals surface area contributed by atoms with E-state index in [1.165, 1.54) is 0 Å². The van der Waals surface area contributed by atoms with Gasteiger partial charge in [-0.1, -0.05) is 29.8 Å². The van der Waals surface area contributed by atoms with Crippen LogP contribution in [0.5, 0.6) is 0 Å². The number of halogens is 1. The van der Waals surface area contributed by atoms with Crippen LogP contribution in [0.1, 0.15) is 5.56 Å². The molecule has 100 valence electrons. The van der Waals surface area contributed by atoms with Gasteiger partial charge in [0, 0.05) is 22.9 Å². The average molecular weight is 302 g/mol. The van der Waals surface area contributed by atoms with Crippen LogP contribution < -0.4 is 5.73 Å². The van der Waals surface area contributed by atoms with E-state index in [1.807, 2.05) is 36.4 Å². The number of nitrogens with zero attached hydrogens (tertiary/aromatic N) is 2. The maximum Gasteiger partial charge on any atom is 0.128 e. The van der Waals surface area contributed by atoms with Gasteiger partial charge in [0.15, 0.2) is 0 Å². The van der Waals surface area contributed by atoms with Gasteiger partial charge in [-0.05, 0) is 24.3 Å². The number of nitrogen functional groups attached to an aromatic ring is 1. The molecule has 0 aliphatic carbocycles. The van der Waals surface area contributed by atoms with Gasteiger partial charge in [-0.2, -0.15) is 0 Å². The molecule has 0 atom stereocenters. The molecule has 2 heterocycles. The predicted octanol–water partition coefficient (Wildman–Crippen LogP) is 4.16. The van der Waals surface area contributed by atoms with Crippen LogP contribution in [-0.2, 0) is 5.75 Å². The summed E-state index contributed by atoms with van der Waals surface area (Å²) in [4.78, 5) is 8.68. The molecule has 20 heavy (non-hydrogen) atoms. The number of hydrogen-bond donors (Lipinski definition) is 1. The molecule has 5 heteroatoms. The Bertz CT molecular complexity index is 761. The summed E-state index contributed by atoms with van der Waals surface area (Å²) >= 11 is 7.65. The second kappa shape index (κ2) is 5.69. The van der Waals surface area contributed by atoms with Gasteiger partial charge in [-0.3, -0.25) is 0 Å². The molecule has 2 N–H and O–H groups in total. The molecule has 2 aromatic heterocycles. The summed E-state index contributed by atoms with van der Waals surface area (Å²) < 4.78 is 0. The van der Waals surface area contributed by atoms with Gasteiger partial charge in [-0.25, -0.2) is 9.97 Å². The minimum absolute atomic E-state index is 0.559. The van der Waals surface area contributed by atoms with E-state index in [0.29, 0.717) is 16.6 Å². The zero-order valence-corrected chi connectivity index (χ0v) is 12.2. The smallest absolute Gasteiger partial charge is 0.128 e. The molecule has 0 radical (unpaired) electrons. The van der Waals surface area contributed by atoms with Crippen molar-refractivity contribution < 1.29 is 0 Å². The standard InChI is InChI=1S/C15H12ClN3S/c16-12-5-3-7-18-15(12)20-9-11-8-10-4-1-2-6-13(10)19-14(11)17/h1-8H,9H2,(H2,17,19). The van der Waals surface area contributed by atoms with E-state index in [2.05, 4.69) is 16.0 Å². The first kappa shape index (κ1) is 13.2. The van der Waals surface area contributed by atoms with E-state index in [4.69, 9.17) is 17.3 Å². The fraction of sp³-hybridized carbons (Fsp3) is 0.0667. The highest BCUT2D eigenvalue weighted by Crippen LogP contribution is 2.29. The van der Waals surface area contributed by atoms with Gasteiger partial charge in [0.25, 0.3) is 0 Å². The molecule has 0 amide bonds. The Morgan fingerprint density at radius 3 is 2.85 bits per heavy atom. The molecule has 0 unspecified atom stereocenters. The summed E-state index contributed by atoms with van der Waals surface area (Å²) in [5, 5.41) is 2.55. The lowest BCUT2D eigenvalue weighted by Crippen LogP contribution is -1.97. The minimum Gasteiger partial charge on any atom is -0.383 e. The van der Waals surface area contributed by atoms with Crippen molar-refractivity contribution in [3.8, 4) is 0 Å². The molecule has 0 spiro atoms. The minimum atomic E-state index is 0.559. The lowest BCUT2D eigenvalue weighted by Gasteiger charge is -2.07. The van der Waals surface area contributed by atoms with E-state index in [-0.39, 0.29) is 0 Å². The number of fused-ring (bicyclic) bond motifs is 1. The van der Waals surface area contributed by atoms with E-state index in [0.717, 1.165) is 21.5 Å². The van der Waals surface area contributed by atoms with Crippen LogP contribution in [0.15, 0.2) is 53.7 Å². The number of benzene rings is 1. The molecule has 0 saturated heterocycles. The summed E-state index contributed by atoms with van der Waals surface area (Å²) in [5.41, 5.74) is 7.92. The number of rotatable bonds is 3. The Morgan fingerprint density at radius 1 is 1.15 bits per heavy atom. The highest BCUT2D eigenvalue weighted by atomic mass is 35.5. The zero-order valence-electron chi connectivity index (χ0n) is 10.6. The van der Waals surface area contributed by atoms with Gasteiger partial charge in [0.1, 0.15) is 10.8 Å². The number of anilines is 1. The lowest BCUT2D eigenvalue weighted by atomic mass is 10.1. The SMILES string of the molecule is Nc1nc2ccccc2cc1CSc1ncccc1Cl. The fourth-order valence-corrected chi connectivity index (χ4v) is 3.06. The van der Waals surface area contributed by atoms with Gasteiger partial charge in [-0.15, -0.1) is 11.8 Å². The van der Waals surface area contributed by atoms with Gasteiger partial charge < -0.3 is 5.73 Å². The molecule has 3 aromatic rings. The van der Waals surface area contributed by atoms with Crippen molar-refractivity contribution in [3.63, 3.8) is 0 Å². The molecule has 3 rings (SSSR count). The largest absolute Gasteiger partial charge is 0.383 e. The average Bonchev–Trinajstić information content (AvgIpc) is 2.46. The summed E-state index contributed by atoms with van der Waals surface area (Å²) in [6, 6.07) is 13.7. The molecule has 0 bridgehead atoms. The summed E-state index contributed by atoms with van der Waals surface area (Å²) in [5.74, 6) is 1.25. The fourth-order valence-electron chi connectivity index (χ4n) is 1.91. The third kappa shape index (κ3) is 2.71. The van der Waals surface area contributed by atoms with E-state index in [9.17, 15) is 0 Å². The molecule has 0 fully saturated rings. The van der Waals surface area contributed by atoms with Crippen LogP contribution in [0.25, 0.3) is 10.9 Å². The molecule has 0 saturated carbocycles. The molecular formula is C15H12ClN3S. The number of hydrogen-bond acceptors (Lipinski definition) is 4. The normalized spacial score (nSPS) is 10.8. The predicted molar refractivity (Wildman–Crippen MR) is 85.0 cm³/mol. The van der Waals surface area contributed by atoms with Crippen molar-refractivity contribution in [2.45, 2.75) is 10.8 Å². The van der Waals surface area contributed by atoms with Gasteiger partial charge in [0.05, 0.1) is 10.5 Å². The third-order valence-electron chi connectivity index (χ3n) is 2.93. The van der Waals surface area contributed by atoms with Crippen molar-refractivity contribution in [1.82, 2.24) is 9.97 Å². The molecule has 1 aromatic carbocycles. The van der Waals surface area contributed by atoms with Crippen molar-refractivity contribution >= 4 is 40.1 Å². The number of para-hydroxylation sites is 1. The topological polar surface area (TPSA) is 51.8 Å². The Balaban J connectivity index is 1.87. The van der Waals surface area contributed by atoms with E-state index < -0.39 is 0 Å². The van der Waals surface area contributed by atoms with Crippen molar-refractivity contribution in [2.24, 2.45) is 0 Å². The van der Waals surface area contributed by atoms with Gasteiger partial charge >= 0.3 is 0 Å². The molecule has 0 aliphatic heterocycles. The highest BCUT2D eigenvalue weighted by molar-refractivity contribution is 7.98. The summed E-state index contributed by atoms with van der Waals surface area (Å²) in [6.45, 7) is 0. The highest BCUT2D eigenvalue weighted by Gasteiger charge is 2.07. The van der Waals surface area contributed by atoms with Crippen LogP contribution in [-0.4, -0.2) is 9.97 Å². The monoisotopic (exact) mass is 301 g/mol. The lowest BCUT2D eigenvalue weighted by molar-refractivity contribution is 1.13. The quantitative estimate of drug-likeness (QED) is 0.738. The number of pyridine rings is 2. The summed E-state index contributed by atoms with van der Waals surface area (Å²) in [6.07, 6.45) is 1.73. The number of aromatic nitrogens is 2. The first-order valence-electron chi connectivity index (χ1n) is 6.11. The second-order valence-electron chi connectivity index (χ2n) is 4.30. The summed E-state index contributed by atoms with van der Waals surface area (Å²) in [7, 11) is 0. The van der Waals surface area contributed by atoms with Crippen LogP contribution in [0.3, 0.4) is 0 Å². The first-order valence-corrected chi connectivity index (χ1v) is 7.48. The Labute approximate surface area is 126 Å². The van der Waals surface area contributed by atoms with E-state index >= 15 is 0 Å². The maximum absolute atomic E-state index is 6.10. The van der Waals surface area contributed by atoms with Crippen molar-refractivity contribution in [3.05, 3.63) is 59.2 Å². The molecule has 0 aliphatic rings. The Morgan fingerprint density at radius 2 is 2.00 bits per heavy atom. The van der Waals surface area contributed by atoms with Crippen molar-refractivity contribution in [2.75, 3.05) is 5.73 Å². The van der Waals surface area contributed by atoms with E-state index in [1.54, 1.807) is 18.0 Å². The maximum atomic E-state index is 6.10. The molecule has 3 nitrogen and oxygen atoms in total. The van der Waals surface area contributed by atoms with Crippen molar-refractivity contribution in [1.29, 1.82) is 0 Å². The first-order chi connectivity index (χ1) is 9.74. The molecular weight excluding hydrogens is 290 g/mol. The number of nitrogens with two attached hydrogens (primary N) is 1. The Hall–Kier alpha value is -1.78. The van der Waals surface area contributed by atoms with Crippen LogP contribution >= 0.6 is 23.4 Å². The zero-order chi connectivity index (χ0) is 13.9. The van der Waals surface area contributed by atoms with Crippen LogP contribution in [0, 0.1) is 0 Å². The van der Waals surface area contributed by atoms with Crippen LogP contribution in [0.4, 0.5) is 5.82 Å².